The molecule has 0 saturated carbocycles. The summed E-state index contributed by atoms with van der Waals surface area (Å²) in [6.45, 7) is 6.89. The van der Waals surface area contributed by atoms with Gasteiger partial charge in [0.05, 0.1) is 0 Å². The predicted molar refractivity (Wildman–Crippen MR) is 261 cm³/mol. The summed E-state index contributed by atoms with van der Waals surface area (Å²) in [6, 6.07) is 0. The van der Waals surface area contributed by atoms with Gasteiger partial charge in [-0.25, -0.2) is 0 Å². The molecule has 0 aliphatic heterocycles. The predicted octanol–water partition coefficient (Wildman–Crippen LogP) is 18.8. The summed E-state index contributed by atoms with van der Waals surface area (Å²) in [7, 11) is -5.39. The molecule has 4 nitrogen and oxygen atoms in total. The van der Waals surface area contributed by atoms with E-state index in [9.17, 15) is 0 Å². The Morgan fingerprint density at radius 3 is 0.387 bits per heavy atom. The minimum atomic E-state index is -5.39. The maximum atomic E-state index is 8.55. The van der Waals surface area contributed by atoms with Gasteiger partial charge in [-0.3, -0.25) is 0 Å². The van der Waals surface area contributed by atoms with E-state index in [1.165, 1.54) is 386 Å². The topological polar surface area (TPSA) is 86.2 Å². The second-order valence-corrected chi connectivity index (χ2v) is 25.9. The molecule has 0 fully saturated rings. The van der Waals surface area contributed by atoms with Gasteiger partial charge in [-0.15, -0.1) is 0 Å². The summed E-state index contributed by atoms with van der Waals surface area (Å²) >= 11 is 3.64. The van der Waals surface area contributed by atoms with Crippen LogP contribution in [0.4, 0.5) is 0 Å². The standard InChI is InChI=1S/3C18H37.3Cd.H3O4P/c3*1-3-5-7-9-11-13-15-17-18-16-14-12-10-8-6-4-2;;;;1-5(2,3)4/h3*1,3-18H2,2H3;;;;(H3,1,2,3,4)/q;;;3*+1;/p-3. The molecule has 0 bridgehead atoms. The Kier molecular flexibility index (Phi) is 81.1. The smallest absolute Gasteiger partial charge is 0.159 e. The van der Waals surface area contributed by atoms with E-state index >= 15 is 0 Å². The second-order valence-electron chi connectivity index (χ2n) is 18.9. The van der Waals surface area contributed by atoms with Gasteiger partial charge in [-0.2, -0.15) is 7.82 Å². The van der Waals surface area contributed by atoms with E-state index in [0.717, 1.165) is 0 Å². The molecular weight excluding hydrogens is 1080 g/mol. The molecule has 0 aliphatic carbocycles. The third-order valence-electron chi connectivity index (χ3n) is 12.3. The summed E-state index contributed by atoms with van der Waals surface area (Å²) < 4.78 is 13.2. The monoisotopic (exact) mass is 1200 g/mol. The van der Waals surface area contributed by atoms with Gasteiger partial charge in [-0.1, -0.05) is 117 Å². The van der Waals surface area contributed by atoms with E-state index in [0.29, 0.717) is 0 Å². The van der Waals surface area contributed by atoms with E-state index in [1.54, 1.807) is 11.9 Å². The largest absolute Gasteiger partial charge is 0.822 e. The normalized spacial score (nSPS) is 11.2. The first-order valence-corrected chi connectivity index (χ1v) is 38.4. The summed E-state index contributed by atoms with van der Waals surface area (Å²) in [5.41, 5.74) is 0. The van der Waals surface area contributed by atoms with Gasteiger partial charge in [0.2, 0.25) is 0 Å². The molecule has 0 N–H and O–H groups in total. The van der Waals surface area contributed by atoms with E-state index in [4.69, 9.17) is 19.2 Å². The number of hydrogen-bond acceptors (Lipinski definition) is 4. The second kappa shape index (κ2) is 70.4. The van der Waals surface area contributed by atoms with Crippen molar-refractivity contribution in [3.63, 3.8) is 0 Å². The van der Waals surface area contributed by atoms with Crippen LogP contribution in [0.5, 0.6) is 0 Å². The van der Waals surface area contributed by atoms with Crippen LogP contribution in [-0.4, -0.2) is 0 Å². The van der Waals surface area contributed by atoms with Crippen LogP contribution in [-0.2, 0) is 81.9 Å². The molecule has 0 saturated heterocycles. The van der Waals surface area contributed by atoms with Crippen LogP contribution in [0.25, 0.3) is 0 Å². The van der Waals surface area contributed by atoms with Crippen molar-refractivity contribution in [2.75, 3.05) is 0 Å². The van der Waals surface area contributed by atoms with Crippen LogP contribution in [0.2, 0.25) is 11.9 Å². The zero-order valence-corrected chi connectivity index (χ0v) is 56.3. The van der Waals surface area contributed by atoms with Crippen molar-refractivity contribution in [2.45, 2.75) is 341 Å². The number of rotatable bonds is 48. The van der Waals surface area contributed by atoms with E-state index in [2.05, 4.69) is 20.8 Å². The molecule has 8 heteroatoms. The van der Waals surface area contributed by atoms with Crippen LogP contribution in [0, 0.1) is 0 Å². The third kappa shape index (κ3) is 93.0. The Hall–Kier alpha value is 2.88. The molecule has 362 valence electrons. The average molecular weight is 1190 g/mol. The fraction of sp³-hybridized carbons (Fsp3) is 1.00. The molecule has 0 aliphatic rings. The zero-order chi connectivity index (χ0) is 46.6. The SMILES string of the molecule is CCCCCCCCCCCCCCCCC[CH2][Cd+].CCCCCCCCCCCCCCCCC[CH2][Cd+].CCCCCCCCCCCCCCCCC[CH2][Cd+].O=P([O-])([O-])[O-]. The van der Waals surface area contributed by atoms with E-state index in [-0.39, 0.29) is 0 Å². The fourth-order valence-electron chi connectivity index (χ4n) is 8.17. The Labute approximate surface area is 440 Å². The molecule has 0 amide bonds. The molecular formula is C54H111Cd3O4P. The summed E-state index contributed by atoms with van der Waals surface area (Å²) in [5, 5.41) is 0. The molecule has 0 atom stereocenters. The molecule has 0 heterocycles. The number of phosphoric acid groups is 1. The number of unbranched alkanes of at least 4 members (excludes halogenated alkanes) is 45. The quantitative estimate of drug-likeness (QED) is 0.0345. The molecule has 0 aromatic rings. The summed E-state index contributed by atoms with van der Waals surface area (Å²) in [4.78, 5) is 25.6. The van der Waals surface area contributed by atoms with Gasteiger partial charge in [0.15, 0.2) is 0 Å². The van der Waals surface area contributed by atoms with Crippen LogP contribution < -0.4 is 14.7 Å². The minimum Gasteiger partial charge on any atom is -0.822 e. The maximum Gasteiger partial charge on any atom is -0.159 e. The molecule has 0 rings (SSSR count). The maximum absolute atomic E-state index is 8.55. The third-order valence-corrected chi connectivity index (χ3v) is 16.6. The van der Waals surface area contributed by atoms with Crippen molar-refractivity contribution >= 4 is 7.82 Å². The summed E-state index contributed by atoms with van der Waals surface area (Å²) in [6.07, 6.45) is 71.3. The Balaban J connectivity index is -0.000000385. The van der Waals surface area contributed by atoms with Gasteiger partial charge in [0, 0.05) is 0 Å². The van der Waals surface area contributed by atoms with Gasteiger partial charge in [-0.05, 0) is 0 Å². The molecule has 0 radical (unpaired) electrons. The van der Waals surface area contributed by atoms with Gasteiger partial charge < -0.3 is 19.2 Å². The van der Waals surface area contributed by atoms with Crippen molar-refractivity contribution in [3.05, 3.63) is 0 Å². The Morgan fingerprint density at radius 2 is 0.306 bits per heavy atom. The van der Waals surface area contributed by atoms with Crippen molar-refractivity contribution in [1.82, 2.24) is 0 Å². The first-order valence-electron chi connectivity index (χ1n) is 28.4. The summed E-state index contributed by atoms with van der Waals surface area (Å²) in [5.74, 6) is 0. The molecule has 0 spiro atoms. The first-order chi connectivity index (χ1) is 30.2. The fourth-order valence-corrected chi connectivity index (χ4v) is 11.2. The van der Waals surface area contributed by atoms with E-state index < -0.39 is 7.82 Å². The first kappa shape index (κ1) is 71.4. The van der Waals surface area contributed by atoms with Crippen molar-refractivity contribution in [1.29, 1.82) is 0 Å². The molecule has 0 aromatic carbocycles. The average Bonchev–Trinajstić information content (AvgIpc) is 3.25. The van der Waals surface area contributed by atoms with Gasteiger partial charge in [0.25, 0.3) is 0 Å². The van der Waals surface area contributed by atoms with Crippen LogP contribution >= 0.6 is 7.82 Å². The van der Waals surface area contributed by atoms with Crippen LogP contribution in [0.3, 0.4) is 0 Å². The van der Waals surface area contributed by atoms with Crippen molar-refractivity contribution < 1.29 is 96.5 Å². The zero-order valence-electron chi connectivity index (χ0n) is 43.3. The molecule has 62 heavy (non-hydrogen) atoms. The molecule has 0 aromatic heterocycles. The van der Waals surface area contributed by atoms with Crippen molar-refractivity contribution in [3.8, 4) is 0 Å². The molecule has 0 unspecified atom stereocenters. The van der Waals surface area contributed by atoms with E-state index in [1.807, 2.05) is 0 Å². The Bertz CT molecular complexity index is 620. The van der Waals surface area contributed by atoms with Gasteiger partial charge in [0.1, 0.15) is 0 Å². The van der Waals surface area contributed by atoms with Crippen LogP contribution in [0.1, 0.15) is 329 Å². The van der Waals surface area contributed by atoms with Crippen molar-refractivity contribution in [2.24, 2.45) is 0 Å². The minimum absolute atomic E-state index is 1.21. The number of hydrogen-bond donors (Lipinski definition) is 0. The Morgan fingerprint density at radius 1 is 0.226 bits per heavy atom. The van der Waals surface area contributed by atoms with Gasteiger partial charge >= 0.3 is 301 Å². The van der Waals surface area contributed by atoms with Crippen LogP contribution in [0.15, 0.2) is 0 Å².